The second kappa shape index (κ2) is 5.57. The Kier molecular flexibility index (Phi) is 3.79. The van der Waals surface area contributed by atoms with Crippen molar-refractivity contribution in [1.29, 1.82) is 0 Å². The van der Waals surface area contributed by atoms with Gasteiger partial charge in [0.2, 0.25) is 5.91 Å². The minimum Gasteiger partial charge on any atom is -0.354 e. The van der Waals surface area contributed by atoms with Crippen LogP contribution in [0.4, 0.5) is 0 Å². The van der Waals surface area contributed by atoms with Crippen LogP contribution < -0.4 is 5.32 Å². The lowest BCUT2D eigenvalue weighted by atomic mass is 9.93. The second-order valence-electron chi connectivity index (χ2n) is 6.16. The first-order chi connectivity index (χ1) is 9.72. The van der Waals surface area contributed by atoms with E-state index in [9.17, 15) is 4.79 Å². The summed E-state index contributed by atoms with van der Waals surface area (Å²) < 4.78 is 0. The van der Waals surface area contributed by atoms with Gasteiger partial charge >= 0.3 is 0 Å². The van der Waals surface area contributed by atoms with E-state index in [1.54, 1.807) is 0 Å². The lowest BCUT2D eigenvalue weighted by Gasteiger charge is -2.30. The summed E-state index contributed by atoms with van der Waals surface area (Å²) in [6, 6.07) is 8.41. The highest BCUT2D eigenvalue weighted by Gasteiger charge is 2.49. The molecule has 0 aliphatic carbocycles. The molecule has 3 nitrogen and oxygen atoms in total. The smallest absolute Gasteiger partial charge is 0.240 e. The molecule has 2 saturated heterocycles. The molecule has 2 aliphatic heterocycles. The molecule has 0 spiro atoms. The highest BCUT2D eigenvalue weighted by molar-refractivity contribution is 5.87. The van der Waals surface area contributed by atoms with E-state index in [-0.39, 0.29) is 11.4 Å². The van der Waals surface area contributed by atoms with Gasteiger partial charge in [0.1, 0.15) is 5.54 Å². The van der Waals surface area contributed by atoms with Gasteiger partial charge in [-0.3, -0.25) is 9.69 Å². The Morgan fingerprint density at radius 1 is 1.25 bits per heavy atom. The van der Waals surface area contributed by atoms with Crippen LogP contribution in [-0.4, -0.2) is 36.0 Å². The lowest BCUT2D eigenvalue weighted by Crippen LogP contribution is -2.52. The fourth-order valence-corrected chi connectivity index (χ4v) is 3.84. The van der Waals surface area contributed by atoms with Gasteiger partial charge < -0.3 is 5.32 Å². The lowest BCUT2D eigenvalue weighted by molar-refractivity contribution is -0.130. The van der Waals surface area contributed by atoms with Crippen LogP contribution in [0.3, 0.4) is 0 Å². The molecule has 0 aromatic heterocycles. The Bertz CT molecular complexity index is 488. The summed E-state index contributed by atoms with van der Waals surface area (Å²) in [7, 11) is 0. The second-order valence-corrected chi connectivity index (χ2v) is 6.16. The van der Waals surface area contributed by atoms with E-state index in [4.69, 9.17) is 0 Å². The minimum atomic E-state index is -0.161. The van der Waals surface area contributed by atoms with Gasteiger partial charge in [-0.05, 0) is 63.2 Å². The number of carbonyl (C=O) groups is 1. The van der Waals surface area contributed by atoms with Crippen molar-refractivity contribution in [3.05, 3.63) is 35.4 Å². The number of aryl methyl sites for hydroxylation is 1. The third-order valence-corrected chi connectivity index (χ3v) is 5.01. The van der Waals surface area contributed by atoms with Gasteiger partial charge in [0.25, 0.3) is 0 Å². The van der Waals surface area contributed by atoms with Crippen LogP contribution in [0.25, 0.3) is 0 Å². The quantitative estimate of drug-likeness (QED) is 0.912. The SMILES string of the molecule is Cc1ccccc1CCNC(=O)C12CCCN1CCC2. The molecule has 2 heterocycles. The molecular weight excluding hydrogens is 248 g/mol. The molecule has 1 N–H and O–H groups in total. The van der Waals surface area contributed by atoms with Crippen molar-refractivity contribution in [3.63, 3.8) is 0 Å². The van der Waals surface area contributed by atoms with Crippen molar-refractivity contribution in [2.75, 3.05) is 19.6 Å². The summed E-state index contributed by atoms with van der Waals surface area (Å²) in [5.41, 5.74) is 2.48. The molecule has 2 aliphatic rings. The standard InChI is InChI=1S/C17H24N2O/c1-14-6-2-3-7-15(14)8-11-18-16(20)17-9-4-12-19(17)13-5-10-17/h2-3,6-7H,4-5,8-13H2,1H3,(H,18,20). The molecule has 20 heavy (non-hydrogen) atoms. The number of fused-ring (bicyclic) bond motifs is 1. The molecule has 3 rings (SSSR count). The van der Waals surface area contributed by atoms with Crippen LogP contribution in [-0.2, 0) is 11.2 Å². The molecular formula is C17H24N2O. The van der Waals surface area contributed by atoms with Gasteiger partial charge in [0, 0.05) is 6.54 Å². The van der Waals surface area contributed by atoms with Gasteiger partial charge in [-0.15, -0.1) is 0 Å². The van der Waals surface area contributed by atoms with Gasteiger partial charge in [0.15, 0.2) is 0 Å². The van der Waals surface area contributed by atoms with Crippen molar-refractivity contribution in [3.8, 4) is 0 Å². The number of nitrogens with one attached hydrogen (secondary N) is 1. The van der Waals surface area contributed by atoms with E-state index < -0.39 is 0 Å². The van der Waals surface area contributed by atoms with Crippen molar-refractivity contribution in [2.24, 2.45) is 0 Å². The molecule has 1 aromatic rings. The van der Waals surface area contributed by atoms with Crippen LogP contribution in [0.1, 0.15) is 36.8 Å². The van der Waals surface area contributed by atoms with Crippen LogP contribution in [0.2, 0.25) is 0 Å². The monoisotopic (exact) mass is 272 g/mol. The van der Waals surface area contributed by atoms with E-state index in [2.05, 4.69) is 41.4 Å². The predicted octanol–water partition coefficient (Wildman–Crippen LogP) is 2.28. The van der Waals surface area contributed by atoms with Crippen LogP contribution in [0.15, 0.2) is 24.3 Å². The predicted molar refractivity (Wildman–Crippen MR) is 80.7 cm³/mol. The zero-order valence-corrected chi connectivity index (χ0v) is 12.3. The molecule has 1 aromatic carbocycles. The van der Waals surface area contributed by atoms with Gasteiger partial charge in [-0.25, -0.2) is 0 Å². The van der Waals surface area contributed by atoms with Crippen LogP contribution >= 0.6 is 0 Å². The van der Waals surface area contributed by atoms with Crippen molar-refractivity contribution >= 4 is 5.91 Å². The highest BCUT2D eigenvalue weighted by atomic mass is 16.2. The van der Waals surface area contributed by atoms with E-state index in [0.29, 0.717) is 0 Å². The molecule has 0 bridgehead atoms. The maximum Gasteiger partial charge on any atom is 0.240 e. The summed E-state index contributed by atoms with van der Waals surface area (Å²) in [5, 5.41) is 3.18. The zero-order chi connectivity index (χ0) is 14.0. The Balaban J connectivity index is 1.56. The average Bonchev–Trinajstić information content (AvgIpc) is 3.01. The summed E-state index contributed by atoms with van der Waals surface area (Å²) in [5.74, 6) is 0.265. The van der Waals surface area contributed by atoms with E-state index in [0.717, 1.165) is 38.9 Å². The largest absolute Gasteiger partial charge is 0.354 e. The molecule has 0 radical (unpaired) electrons. The number of hydrogen-bond acceptors (Lipinski definition) is 2. The molecule has 0 atom stereocenters. The van der Waals surface area contributed by atoms with Crippen molar-refractivity contribution in [2.45, 2.75) is 44.6 Å². The number of benzene rings is 1. The fraction of sp³-hybridized carbons (Fsp3) is 0.588. The van der Waals surface area contributed by atoms with Crippen molar-refractivity contribution < 1.29 is 4.79 Å². The Hall–Kier alpha value is -1.35. The molecule has 3 heteroatoms. The Morgan fingerprint density at radius 3 is 2.65 bits per heavy atom. The maximum absolute atomic E-state index is 12.6. The number of amides is 1. The van der Waals surface area contributed by atoms with Gasteiger partial charge in [-0.2, -0.15) is 0 Å². The number of rotatable bonds is 4. The molecule has 108 valence electrons. The first-order valence-electron chi connectivity index (χ1n) is 7.80. The zero-order valence-electron chi connectivity index (χ0n) is 12.3. The van der Waals surface area contributed by atoms with E-state index >= 15 is 0 Å². The van der Waals surface area contributed by atoms with Crippen molar-refractivity contribution in [1.82, 2.24) is 10.2 Å². The third kappa shape index (κ3) is 2.35. The molecule has 1 amide bonds. The number of hydrogen-bond donors (Lipinski definition) is 1. The minimum absolute atomic E-state index is 0.161. The van der Waals surface area contributed by atoms with Crippen LogP contribution in [0.5, 0.6) is 0 Å². The van der Waals surface area contributed by atoms with E-state index in [1.165, 1.54) is 24.0 Å². The molecule has 2 fully saturated rings. The van der Waals surface area contributed by atoms with Crippen LogP contribution in [0, 0.1) is 6.92 Å². The topological polar surface area (TPSA) is 32.3 Å². The first-order valence-corrected chi connectivity index (χ1v) is 7.80. The Labute approximate surface area is 121 Å². The Morgan fingerprint density at radius 2 is 1.95 bits per heavy atom. The van der Waals surface area contributed by atoms with Gasteiger partial charge in [0.05, 0.1) is 0 Å². The highest BCUT2D eigenvalue weighted by Crippen LogP contribution is 2.38. The summed E-state index contributed by atoms with van der Waals surface area (Å²) in [6.45, 7) is 5.08. The summed E-state index contributed by atoms with van der Waals surface area (Å²) in [4.78, 5) is 15.0. The molecule has 0 saturated carbocycles. The molecule has 0 unspecified atom stereocenters. The normalized spacial score (nSPS) is 20.9. The number of nitrogens with zero attached hydrogens (tertiary/aromatic N) is 1. The number of carbonyl (C=O) groups excluding carboxylic acids is 1. The van der Waals surface area contributed by atoms with Gasteiger partial charge in [-0.1, -0.05) is 24.3 Å². The summed E-state index contributed by atoms with van der Waals surface area (Å²) >= 11 is 0. The first kappa shape index (κ1) is 13.6. The average molecular weight is 272 g/mol. The summed E-state index contributed by atoms with van der Waals surface area (Å²) in [6.07, 6.45) is 5.36. The third-order valence-electron chi connectivity index (χ3n) is 5.01. The van der Waals surface area contributed by atoms with E-state index in [1.807, 2.05) is 0 Å². The maximum atomic E-state index is 12.6. The fourth-order valence-electron chi connectivity index (χ4n) is 3.84.